The predicted molar refractivity (Wildman–Crippen MR) is 84.3 cm³/mol. The van der Waals surface area contributed by atoms with Crippen LogP contribution in [0.5, 0.6) is 11.5 Å². The van der Waals surface area contributed by atoms with Gasteiger partial charge in [0.15, 0.2) is 5.75 Å². The smallest absolute Gasteiger partial charge is 0.323 e. The first-order valence-electron chi connectivity index (χ1n) is 6.17. The normalized spacial score (nSPS) is 10.7. The van der Waals surface area contributed by atoms with Crippen LogP contribution in [0.15, 0.2) is 22.6 Å². The molecule has 0 saturated heterocycles. The average Bonchev–Trinajstić information content (AvgIpc) is 2.91. The average molecular weight is 322 g/mol. The van der Waals surface area contributed by atoms with Gasteiger partial charge in [-0.05, 0) is 19.1 Å². The van der Waals surface area contributed by atoms with E-state index in [1.54, 1.807) is 6.07 Å². The molecular formula is C13H14N4O4S. The first kappa shape index (κ1) is 15.7. The molecule has 0 atom stereocenters. The Kier molecular flexibility index (Phi) is 4.89. The van der Waals surface area contributed by atoms with Gasteiger partial charge < -0.3 is 9.47 Å². The summed E-state index contributed by atoms with van der Waals surface area (Å²) in [6.45, 7) is 1.86. The van der Waals surface area contributed by atoms with E-state index in [0.717, 1.165) is 5.69 Å². The summed E-state index contributed by atoms with van der Waals surface area (Å²) in [5, 5.41) is 17.7. The van der Waals surface area contributed by atoms with Crippen LogP contribution in [0, 0.1) is 17.0 Å². The van der Waals surface area contributed by atoms with Gasteiger partial charge in [0, 0.05) is 5.38 Å². The Morgan fingerprint density at radius 1 is 1.36 bits per heavy atom. The summed E-state index contributed by atoms with van der Waals surface area (Å²) in [5.74, 6) is 0.464. The number of thiazole rings is 1. The summed E-state index contributed by atoms with van der Waals surface area (Å²) in [7, 11) is 2.80. The molecule has 0 bridgehead atoms. The van der Waals surface area contributed by atoms with Gasteiger partial charge in [-0.3, -0.25) is 15.5 Å². The maximum atomic E-state index is 11.3. The fourth-order valence-electron chi connectivity index (χ4n) is 1.78. The molecule has 0 aliphatic rings. The zero-order valence-corrected chi connectivity index (χ0v) is 13.0. The first-order chi connectivity index (χ1) is 10.6. The van der Waals surface area contributed by atoms with Gasteiger partial charge in [-0.25, -0.2) is 4.98 Å². The monoisotopic (exact) mass is 322 g/mol. The van der Waals surface area contributed by atoms with Crippen molar-refractivity contribution in [3.63, 3.8) is 0 Å². The van der Waals surface area contributed by atoms with Gasteiger partial charge in [-0.2, -0.15) is 5.10 Å². The van der Waals surface area contributed by atoms with Crippen molar-refractivity contribution in [1.82, 2.24) is 4.98 Å². The van der Waals surface area contributed by atoms with E-state index in [4.69, 9.17) is 9.47 Å². The molecule has 1 aromatic heterocycles. The molecule has 0 unspecified atom stereocenters. The van der Waals surface area contributed by atoms with E-state index in [2.05, 4.69) is 15.5 Å². The fraction of sp³-hybridized carbons (Fsp3) is 0.231. The maximum Gasteiger partial charge on any atom is 0.323 e. The molecule has 0 radical (unpaired) electrons. The van der Waals surface area contributed by atoms with E-state index in [-0.39, 0.29) is 17.0 Å². The molecule has 1 heterocycles. The molecule has 8 nitrogen and oxygen atoms in total. The number of nitrogens with zero attached hydrogens (tertiary/aromatic N) is 3. The number of methoxy groups -OCH3 is 2. The number of ether oxygens (including phenoxy) is 2. The van der Waals surface area contributed by atoms with Crippen LogP contribution >= 0.6 is 11.3 Å². The summed E-state index contributed by atoms with van der Waals surface area (Å²) in [5.41, 5.74) is 3.60. The highest BCUT2D eigenvalue weighted by Gasteiger charge is 2.23. The lowest BCUT2D eigenvalue weighted by Gasteiger charge is -2.08. The van der Waals surface area contributed by atoms with Gasteiger partial charge in [-0.1, -0.05) is 0 Å². The molecule has 1 N–H and O–H groups in total. The van der Waals surface area contributed by atoms with E-state index in [9.17, 15) is 10.1 Å². The highest BCUT2D eigenvalue weighted by atomic mass is 32.1. The molecule has 0 amide bonds. The Morgan fingerprint density at radius 2 is 2.05 bits per heavy atom. The summed E-state index contributed by atoms with van der Waals surface area (Å²) < 4.78 is 10.2. The summed E-state index contributed by atoms with van der Waals surface area (Å²) >= 11 is 1.39. The van der Waals surface area contributed by atoms with Crippen molar-refractivity contribution in [2.45, 2.75) is 6.92 Å². The van der Waals surface area contributed by atoms with E-state index in [1.807, 2.05) is 12.3 Å². The first-order valence-corrected chi connectivity index (χ1v) is 7.05. The molecule has 0 fully saturated rings. The number of rotatable bonds is 6. The minimum Gasteiger partial charge on any atom is -0.496 e. The standard InChI is InChI=1S/C13H14N4O4S/c1-8-7-22-13(15-8)16-14-6-9-10(20-2)4-5-11(21-3)12(9)17(18)19/h4-7H,1-3H3,(H,15,16). The zero-order chi connectivity index (χ0) is 16.1. The SMILES string of the molecule is COc1ccc(OC)c([N+](=O)[O-])c1C=NNc1nc(C)cs1. The van der Waals surface area contributed by atoms with Crippen LogP contribution in [0.1, 0.15) is 11.3 Å². The van der Waals surface area contributed by atoms with Crippen LogP contribution in [-0.2, 0) is 0 Å². The number of nitro groups is 1. The lowest BCUT2D eigenvalue weighted by molar-refractivity contribution is -0.385. The second-order valence-electron chi connectivity index (χ2n) is 4.15. The molecular weight excluding hydrogens is 308 g/mol. The topological polar surface area (TPSA) is 98.9 Å². The van der Waals surface area contributed by atoms with Crippen LogP contribution in [0.25, 0.3) is 0 Å². The van der Waals surface area contributed by atoms with E-state index >= 15 is 0 Å². The number of benzene rings is 1. The number of hydrogen-bond acceptors (Lipinski definition) is 8. The van der Waals surface area contributed by atoms with Gasteiger partial charge >= 0.3 is 5.69 Å². The van der Waals surface area contributed by atoms with Gasteiger partial charge in [0.1, 0.15) is 11.3 Å². The van der Waals surface area contributed by atoms with E-state index < -0.39 is 4.92 Å². The second-order valence-corrected chi connectivity index (χ2v) is 5.01. The van der Waals surface area contributed by atoms with Crippen molar-refractivity contribution in [3.05, 3.63) is 38.9 Å². The molecule has 1 aromatic carbocycles. The van der Waals surface area contributed by atoms with Crippen molar-refractivity contribution in [3.8, 4) is 11.5 Å². The van der Waals surface area contributed by atoms with Crippen LogP contribution in [0.3, 0.4) is 0 Å². The third-order valence-electron chi connectivity index (χ3n) is 2.74. The van der Waals surface area contributed by atoms with Crippen molar-refractivity contribution in [2.24, 2.45) is 5.10 Å². The highest BCUT2D eigenvalue weighted by molar-refractivity contribution is 7.13. The number of nitrogens with one attached hydrogen (secondary N) is 1. The lowest BCUT2D eigenvalue weighted by atomic mass is 10.1. The largest absolute Gasteiger partial charge is 0.496 e. The Bertz CT molecular complexity index is 714. The number of hydrogen-bond donors (Lipinski definition) is 1. The predicted octanol–water partition coefficient (Wildman–Crippen LogP) is 2.82. The van der Waals surface area contributed by atoms with Crippen molar-refractivity contribution in [1.29, 1.82) is 0 Å². The second kappa shape index (κ2) is 6.85. The number of anilines is 1. The molecule has 116 valence electrons. The molecule has 0 aliphatic carbocycles. The zero-order valence-electron chi connectivity index (χ0n) is 12.2. The number of nitro benzene ring substituents is 1. The Hall–Kier alpha value is -2.68. The van der Waals surface area contributed by atoms with Crippen LogP contribution in [0.2, 0.25) is 0 Å². The quantitative estimate of drug-likeness (QED) is 0.499. The third kappa shape index (κ3) is 3.31. The van der Waals surface area contributed by atoms with Crippen molar-refractivity contribution in [2.75, 3.05) is 19.6 Å². The fourth-order valence-corrected chi connectivity index (χ4v) is 2.42. The number of hydrazone groups is 1. The molecule has 9 heteroatoms. The third-order valence-corrected chi connectivity index (χ3v) is 3.60. The Morgan fingerprint density at radius 3 is 2.59 bits per heavy atom. The van der Waals surface area contributed by atoms with Gasteiger partial charge in [-0.15, -0.1) is 11.3 Å². The summed E-state index contributed by atoms with van der Waals surface area (Å²) in [6, 6.07) is 3.06. The molecule has 0 spiro atoms. The molecule has 0 saturated carbocycles. The minimum absolute atomic E-state index is 0.136. The molecule has 2 aromatic rings. The van der Waals surface area contributed by atoms with E-state index in [1.165, 1.54) is 37.8 Å². The van der Waals surface area contributed by atoms with Crippen LogP contribution in [-0.4, -0.2) is 30.3 Å². The van der Waals surface area contributed by atoms with E-state index in [0.29, 0.717) is 10.9 Å². The van der Waals surface area contributed by atoms with Crippen LogP contribution < -0.4 is 14.9 Å². The van der Waals surface area contributed by atoms with Gasteiger partial charge in [0.2, 0.25) is 5.13 Å². The van der Waals surface area contributed by atoms with Crippen molar-refractivity contribution >= 4 is 28.4 Å². The van der Waals surface area contributed by atoms with Crippen molar-refractivity contribution < 1.29 is 14.4 Å². The lowest BCUT2D eigenvalue weighted by Crippen LogP contribution is -2.02. The minimum atomic E-state index is -0.532. The molecule has 22 heavy (non-hydrogen) atoms. The number of aryl methyl sites for hydroxylation is 1. The summed E-state index contributed by atoms with van der Waals surface area (Å²) in [4.78, 5) is 14.9. The Labute approximate surface area is 130 Å². The van der Waals surface area contributed by atoms with Gasteiger partial charge in [0.05, 0.1) is 31.1 Å². The maximum absolute atomic E-state index is 11.3. The summed E-state index contributed by atoms with van der Waals surface area (Å²) in [6.07, 6.45) is 1.32. The molecule has 0 aliphatic heterocycles. The van der Waals surface area contributed by atoms with Crippen LogP contribution in [0.4, 0.5) is 10.8 Å². The van der Waals surface area contributed by atoms with Gasteiger partial charge in [0.25, 0.3) is 0 Å². The highest BCUT2D eigenvalue weighted by Crippen LogP contribution is 2.35. The number of aromatic nitrogens is 1. The molecule has 2 rings (SSSR count). The Balaban J connectivity index is 2.37.